The zero-order valence-corrected chi connectivity index (χ0v) is 17.9. The van der Waals surface area contributed by atoms with Crippen LogP contribution in [0.25, 0.3) is 11.3 Å². The van der Waals surface area contributed by atoms with Gasteiger partial charge in [-0.1, -0.05) is 24.3 Å². The van der Waals surface area contributed by atoms with Crippen LogP contribution in [-0.2, 0) is 11.3 Å². The van der Waals surface area contributed by atoms with Crippen LogP contribution in [0.2, 0.25) is 0 Å². The highest BCUT2D eigenvalue weighted by Gasteiger charge is 2.24. The molecule has 0 unspecified atom stereocenters. The number of aromatic nitrogens is 2. The van der Waals surface area contributed by atoms with E-state index in [1.54, 1.807) is 12.1 Å². The highest BCUT2D eigenvalue weighted by atomic mass is 16.5. The first kappa shape index (κ1) is 21.0. The Kier molecular flexibility index (Phi) is 6.25. The highest BCUT2D eigenvalue weighted by molar-refractivity contribution is 5.94. The molecule has 4 rings (SSSR count). The highest BCUT2D eigenvalue weighted by Crippen LogP contribution is 2.26. The lowest BCUT2D eigenvalue weighted by Gasteiger charge is -2.33. The Labute approximate surface area is 182 Å². The number of carbonyl (C=O) groups excluding carboxylic acids is 1. The second-order valence-corrected chi connectivity index (χ2v) is 7.87. The summed E-state index contributed by atoms with van der Waals surface area (Å²) in [7, 11) is 4.02. The fraction of sp³-hybridized carbons (Fsp3) is 0.292. The summed E-state index contributed by atoms with van der Waals surface area (Å²) in [6, 6.07) is 17.2. The quantitative estimate of drug-likeness (QED) is 0.664. The zero-order valence-electron chi connectivity index (χ0n) is 17.9. The van der Waals surface area contributed by atoms with E-state index in [4.69, 9.17) is 15.5 Å². The lowest BCUT2D eigenvalue weighted by Crippen LogP contribution is -2.38. The molecule has 1 aliphatic rings. The Morgan fingerprint density at radius 2 is 2.03 bits per heavy atom. The van der Waals surface area contributed by atoms with E-state index in [2.05, 4.69) is 16.0 Å². The largest absolute Gasteiger partial charge is 0.369 e. The molecule has 3 aromatic rings. The van der Waals surface area contributed by atoms with Gasteiger partial charge in [0.2, 0.25) is 5.91 Å². The second kappa shape index (κ2) is 9.24. The fourth-order valence-electron chi connectivity index (χ4n) is 3.85. The SMILES string of the molecule is CN(C)c1ncccc1CN1CCO[C@@H](c2cccc(-c3cccc(C(N)=O)c3)n2)C1. The van der Waals surface area contributed by atoms with Crippen molar-refractivity contribution in [3.63, 3.8) is 0 Å². The minimum atomic E-state index is -0.447. The van der Waals surface area contributed by atoms with E-state index in [1.165, 1.54) is 5.56 Å². The van der Waals surface area contributed by atoms with Crippen molar-refractivity contribution in [2.24, 2.45) is 5.73 Å². The molecule has 0 saturated carbocycles. The summed E-state index contributed by atoms with van der Waals surface area (Å²) in [4.78, 5) is 25.3. The van der Waals surface area contributed by atoms with Crippen molar-refractivity contribution < 1.29 is 9.53 Å². The van der Waals surface area contributed by atoms with Gasteiger partial charge in [-0.05, 0) is 30.3 Å². The van der Waals surface area contributed by atoms with Crippen molar-refractivity contribution in [1.29, 1.82) is 0 Å². The molecule has 1 fully saturated rings. The fourth-order valence-corrected chi connectivity index (χ4v) is 3.85. The summed E-state index contributed by atoms with van der Waals surface area (Å²) in [5.74, 6) is 0.539. The number of nitrogens with zero attached hydrogens (tertiary/aromatic N) is 4. The molecule has 7 heteroatoms. The number of morpholine rings is 1. The summed E-state index contributed by atoms with van der Waals surface area (Å²) in [6.45, 7) is 3.06. The Morgan fingerprint density at radius 1 is 1.19 bits per heavy atom. The van der Waals surface area contributed by atoms with E-state index < -0.39 is 5.91 Å². The van der Waals surface area contributed by atoms with Crippen molar-refractivity contribution in [3.05, 3.63) is 77.6 Å². The Hall–Kier alpha value is -3.29. The smallest absolute Gasteiger partial charge is 0.248 e. The molecule has 2 aromatic heterocycles. The standard InChI is InChI=1S/C24H27N5O2/c1-28(2)24-19(8-5-11-26-24)15-29-12-13-31-22(16-29)21-10-4-9-20(27-21)17-6-3-7-18(14-17)23(25)30/h3-11,14,22H,12-13,15-16H2,1-2H3,(H2,25,30)/t22-/m1/s1. The predicted octanol–water partition coefficient (Wildman–Crippen LogP) is 2.88. The molecule has 0 spiro atoms. The van der Waals surface area contributed by atoms with Gasteiger partial charge >= 0.3 is 0 Å². The molecule has 31 heavy (non-hydrogen) atoms. The second-order valence-electron chi connectivity index (χ2n) is 7.87. The number of amides is 1. The number of carbonyl (C=O) groups is 1. The maximum Gasteiger partial charge on any atom is 0.248 e. The van der Waals surface area contributed by atoms with E-state index in [0.717, 1.165) is 42.4 Å². The molecule has 2 N–H and O–H groups in total. The molecule has 1 aromatic carbocycles. The average Bonchev–Trinajstić information content (AvgIpc) is 2.79. The topological polar surface area (TPSA) is 84.6 Å². The summed E-state index contributed by atoms with van der Waals surface area (Å²) in [5.41, 5.74) is 9.62. The van der Waals surface area contributed by atoms with Crippen LogP contribution in [-0.4, -0.2) is 54.6 Å². The van der Waals surface area contributed by atoms with Crippen LogP contribution < -0.4 is 10.6 Å². The molecule has 7 nitrogen and oxygen atoms in total. The van der Waals surface area contributed by atoms with E-state index in [0.29, 0.717) is 12.2 Å². The van der Waals surface area contributed by atoms with Crippen molar-refractivity contribution in [1.82, 2.24) is 14.9 Å². The van der Waals surface area contributed by atoms with Crippen LogP contribution in [0.4, 0.5) is 5.82 Å². The normalized spacial score (nSPS) is 16.8. The van der Waals surface area contributed by atoms with E-state index >= 15 is 0 Å². The van der Waals surface area contributed by atoms with Crippen molar-refractivity contribution in [2.45, 2.75) is 12.6 Å². The van der Waals surface area contributed by atoms with Crippen LogP contribution in [0.5, 0.6) is 0 Å². The van der Waals surface area contributed by atoms with Crippen LogP contribution in [0, 0.1) is 0 Å². The van der Waals surface area contributed by atoms with Gasteiger partial charge in [-0.2, -0.15) is 0 Å². The number of hydrogen-bond acceptors (Lipinski definition) is 6. The first-order valence-electron chi connectivity index (χ1n) is 10.3. The minimum Gasteiger partial charge on any atom is -0.369 e. The van der Waals surface area contributed by atoms with Gasteiger partial charge in [-0.25, -0.2) is 4.98 Å². The number of primary amides is 1. The monoisotopic (exact) mass is 417 g/mol. The lowest BCUT2D eigenvalue weighted by molar-refractivity contribution is -0.0349. The third-order valence-corrected chi connectivity index (χ3v) is 5.38. The first-order chi connectivity index (χ1) is 15.0. The van der Waals surface area contributed by atoms with Crippen LogP contribution in [0.15, 0.2) is 60.8 Å². The summed E-state index contributed by atoms with van der Waals surface area (Å²) in [5, 5.41) is 0. The van der Waals surface area contributed by atoms with Gasteiger partial charge in [0.1, 0.15) is 11.9 Å². The summed E-state index contributed by atoms with van der Waals surface area (Å²) >= 11 is 0. The van der Waals surface area contributed by atoms with Crippen LogP contribution >= 0.6 is 0 Å². The Balaban J connectivity index is 1.52. The molecule has 3 heterocycles. The van der Waals surface area contributed by atoms with E-state index in [9.17, 15) is 4.79 Å². The molecule has 160 valence electrons. The molecule has 0 aliphatic carbocycles. The predicted molar refractivity (Wildman–Crippen MR) is 121 cm³/mol. The van der Waals surface area contributed by atoms with Crippen molar-refractivity contribution in [2.75, 3.05) is 38.7 Å². The summed E-state index contributed by atoms with van der Waals surface area (Å²) in [6.07, 6.45) is 1.70. The van der Waals surface area contributed by atoms with Gasteiger partial charge in [0.15, 0.2) is 0 Å². The van der Waals surface area contributed by atoms with Crippen LogP contribution in [0.3, 0.4) is 0 Å². The average molecular weight is 418 g/mol. The van der Waals surface area contributed by atoms with Crippen molar-refractivity contribution >= 4 is 11.7 Å². The molecule has 1 atom stereocenters. The van der Waals surface area contributed by atoms with Gasteiger partial charge in [-0.15, -0.1) is 0 Å². The molecule has 1 saturated heterocycles. The maximum absolute atomic E-state index is 11.5. The van der Waals surface area contributed by atoms with Gasteiger partial charge in [0, 0.05) is 56.6 Å². The number of benzene rings is 1. The maximum atomic E-state index is 11.5. The number of hydrogen-bond donors (Lipinski definition) is 1. The number of rotatable bonds is 6. The Morgan fingerprint density at radius 3 is 2.84 bits per heavy atom. The van der Waals surface area contributed by atoms with E-state index in [-0.39, 0.29) is 6.10 Å². The van der Waals surface area contributed by atoms with Gasteiger partial charge in [-0.3, -0.25) is 14.7 Å². The molecule has 0 bridgehead atoms. The van der Waals surface area contributed by atoms with Crippen LogP contribution in [0.1, 0.15) is 27.7 Å². The number of anilines is 1. The van der Waals surface area contributed by atoms with Crippen molar-refractivity contribution in [3.8, 4) is 11.3 Å². The number of nitrogens with two attached hydrogens (primary N) is 1. The van der Waals surface area contributed by atoms with E-state index in [1.807, 2.05) is 61.6 Å². The summed E-state index contributed by atoms with van der Waals surface area (Å²) < 4.78 is 6.06. The first-order valence-corrected chi connectivity index (χ1v) is 10.3. The minimum absolute atomic E-state index is 0.118. The number of ether oxygens (including phenoxy) is 1. The zero-order chi connectivity index (χ0) is 21.8. The van der Waals surface area contributed by atoms with Gasteiger partial charge in [0.05, 0.1) is 18.0 Å². The molecular formula is C24H27N5O2. The van der Waals surface area contributed by atoms with Gasteiger partial charge < -0.3 is 15.4 Å². The molecule has 0 radical (unpaired) electrons. The molecule has 1 aliphatic heterocycles. The number of pyridine rings is 2. The van der Waals surface area contributed by atoms with Gasteiger partial charge in [0.25, 0.3) is 0 Å². The lowest BCUT2D eigenvalue weighted by atomic mass is 10.1. The third-order valence-electron chi connectivity index (χ3n) is 5.38. The molecule has 1 amide bonds. The Bertz CT molecular complexity index is 1070. The third kappa shape index (κ3) is 4.90. The molecular weight excluding hydrogens is 390 g/mol.